The van der Waals surface area contributed by atoms with Crippen LogP contribution in [0.1, 0.15) is 191 Å². The van der Waals surface area contributed by atoms with Gasteiger partial charge in [-0.2, -0.15) is 0 Å². The Morgan fingerprint density at radius 1 is 0.446 bits per heavy atom. The number of carbonyl (C=O) groups excluding carboxylic acids is 1. The van der Waals surface area contributed by atoms with Crippen molar-refractivity contribution in [3.8, 4) is 34.5 Å². The molecule has 0 N–H and O–H groups in total. The van der Waals surface area contributed by atoms with Gasteiger partial charge in [0.25, 0.3) is 16.6 Å². The van der Waals surface area contributed by atoms with E-state index in [0.29, 0.717) is 76.5 Å². The molecule has 121 heavy (non-hydrogen) atoms. The van der Waals surface area contributed by atoms with Crippen molar-refractivity contribution in [2.45, 2.75) is 189 Å². The van der Waals surface area contributed by atoms with Crippen molar-refractivity contribution in [2.75, 3.05) is 88.8 Å². The van der Waals surface area contributed by atoms with E-state index in [1.54, 1.807) is 46.0 Å². The standard InChI is InChI=1S/C46H55NO4SSi.C39H49NO3Si.C11H17O5PS.C4H9O.K/c1-5-6-16-29-47(30-17-18-31-51-53(46(2,3)4,40-21-12-8-13-22-40)41-23-14-9-15-24-41)39-27-25-38(42(34-39)50-35-37-19-10-7-11-20-37)26-28-44-45-43(36-52-44)48-32-33-49-45;1-5-6-16-27-40(35-26-25-34(31-41)38(30-35)42-32-33-19-10-7-11-20-33)28-17-18-29-43-44(39(2,3)4,36-21-12-8-13-22-36)37-23-14-9-15-24-37;1-3-15-17(12,16-4-2)7-10-11-9(8-18-10)13-5-6-14-11;1-4(2,3)5;/h7-15,19-28,34,36H,5-6,16-18,29-33,35H2,1-4H3;7-15,19-26,30-31H,5-6,16-18,27-29,32H2,1-4H3;8H,3-7H2,1-2H3;1-3H3;/q;;;-1;+1. The third-order valence-corrected chi connectivity index (χ3v) is 34.8. The molecule has 0 unspecified atom stereocenters. The smallest absolute Gasteiger partial charge is 0.850 e. The number of anilines is 2. The van der Waals surface area contributed by atoms with Crippen LogP contribution < -0.4 is 115 Å². The molecule has 2 aromatic heterocycles. The van der Waals surface area contributed by atoms with Crippen LogP contribution in [0.15, 0.2) is 229 Å². The molecule has 15 nitrogen and oxygen atoms in total. The van der Waals surface area contributed by atoms with E-state index in [4.69, 9.17) is 46.3 Å². The van der Waals surface area contributed by atoms with Crippen molar-refractivity contribution in [1.82, 2.24) is 0 Å². The summed E-state index contributed by atoms with van der Waals surface area (Å²) in [5.74, 6) is 4.59. The first-order chi connectivity index (χ1) is 58.0. The summed E-state index contributed by atoms with van der Waals surface area (Å²) in [6.07, 6.45) is 16.4. The number of carbonyl (C=O) groups is 1. The van der Waals surface area contributed by atoms with Crippen molar-refractivity contribution < 1.29 is 112 Å². The number of hydrogen-bond donors (Lipinski definition) is 0. The summed E-state index contributed by atoms with van der Waals surface area (Å²) >= 11 is 3.10. The Balaban J connectivity index is 0.000000239. The Kier molecular flexibility index (Phi) is 41.8. The summed E-state index contributed by atoms with van der Waals surface area (Å²) in [7, 11) is -8.17. The van der Waals surface area contributed by atoms with Crippen molar-refractivity contribution in [1.29, 1.82) is 0 Å². The first-order valence-corrected chi connectivity index (χ1v) is 50.3. The summed E-state index contributed by atoms with van der Waals surface area (Å²) in [5.41, 5.74) is 5.39. The molecule has 0 aliphatic carbocycles. The van der Waals surface area contributed by atoms with Crippen molar-refractivity contribution in [2.24, 2.45) is 0 Å². The van der Waals surface area contributed by atoms with E-state index in [0.717, 1.165) is 133 Å². The number of fused-ring (bicyclic) bond motifs is 2. The van der Waals surface area contributed by atoms with Gasteiger partial charge in [-0.25, -0.2) is 0 Å². The number of aldehydes is 1. The van der Waals surface area contributed by atoms with Gasteiger partial charge in [0, 0.05) is 79.2 Å². The summed E-state index contributed by atoms with van der Waals surface area (Å²) in [5, 5.41) is 19.2. The number of thiophene rings is 2. The van der Waals surface area contributed by atoms with E-state index >= 15 is 0 Å². The van der Waals surface area contributed by atoms with Crippen LogP contribution in [0, 0.1) is 0 Å². The number of nitrogens with zero attached hydrogens (tertiary/aromatic N) is 2. The molecule has 0 fully saturated rings. The fourth-order valence-electron chi connectivity index (χ4n) is 14.9. The van der Waals surface area contributed by atoms with Crippen LogP contribution in [0.2, 0.25) is 10.1 Å². The molecule has 0 radical (unpaired) electrons. The van der Waals surface area contributed by atoms with Crippen LogP contribution in [0.25, 0.3) is 12.2 Å². The maximum atomic E-state index is 12.4. The van der Waals surface area contributed by atoms with Crippen LogP contribution in [0.5, 0.6) is 34.5 Å². The van der Waals surface area contributed by atoms with E-state index in [2.05, 4.69) is 247 Å². The summed E-state index contributed by atoms with van der Waals surface area (Å²) < 4.78 is 72.8. The van der Waals surface area contributed by atoms with Gasteiger partial charge in [-0.05, 0) is 131 Å². The number of unbranched alkanes of at least 4 members (excludes halogenated alkanes) is 6. The van der Waals surface area contributed by atoms with Gasteiger partial charge >= 0.3 is 59.0 Å². The van der Waals surface area contributed by atoms with Crippen molar-refractivity contribution >= 4 is 97.5 Å². The molecular formula is C100H130KN2O13PS2Si2. The maximum Gasteiger partial charge on any atom is 1.00 e. The third-order valence-electron chi connectivity index (χ3n) is 20.6. The Morgan fingerprint density at radius 2 is 0.802 bits per heavy atom. The topological polar surface area (TPSA) is 156 Å². The summed E-state index contributed by atoms with van der Waals surface area (Å²) in [4.78, 5) is 18.7. The second-order valence-corrected chi connectivity index (χ2v) is 45.6. The van der Waals surface area contributed by atoms with Crippen molar-refractivity contribution in [3.05, 3.63) is 261 Å². The molecule has 8 aromatic carbocycles. The molecule has 10 aromatic rings. The molecule has 0 saturated carbocycles. The van der Waals surface area contributed by atoms with E-state index in [-0.39, 0.29) is 67.6 Å². The minimum Gasteiger partial charge on any atom is -0.850 e. The zero-order valence-electron chi connectivity index (χ0n) is 74.3. The minimum absolute atomic E-state index is 0. The van der Waals surface area contributed by atoms with Gasteiger partial charge < -0.3 is 61.2 Å². The normalized spacial score (nSPS) is 12.6. The SMILES string of the molecule is CC(C)(C)[O-].CCCCCN(CCCCO[Si](c1ccccc1)(c1ccccc1)C(C)(C)C)c1ccc(C=Cc2scc3c2OCCO3)c(OCc2ccccc2)c1.CCCCCN(CCCCO[Si](c1ccccc1)(c1ccccc1)C(C)(C)C)c1ccc(C=O)c(OCc2ccccc2)c1.CCOP(=O)(Cc1scc2c1OCCO2)OCC.[K+]. The molecule has 4 heterocycles. The van der Waals surface area contributed by atoms with E-state index in [1.165, 1.54) is 63.5 Å². The first kappa shape index (κ1) is 99.5. The summed E-state index contributed by atoms with van der Waals surface area (Å²) in [6.45, 7) is 36.2. The van der Waals surface area contributed by atoms with Gasteiger partial charge in [-0.3, -0.25) is 9.36 Å². The average Bonchev–Trinajstić information content (AvgIpc) is 1.26. The maximum absolute atomic E-state index is 12.4. The first-order valence-electron chi connectivity index (χ1n) is 43.0. The predicted molar refractivity (Wildman–Crippen MR) is 503 cm³/mol. The fraction of sp³-hybridized carbons (Fsp3) is 0.410. The minimum atomic E-state index is -3.08. The molecule has 644 valence electrons. The van der Waals surface area contributed by atoms with Gasteiger partial charge in [0.2, 0.25) is 0 Å². The van der Waals surface area contributed by atoms with Crippen LogP contribution >= 0.6 is 30.3 Å². The fourth-order valence-corrected chi connectivity index (χ4v) is 27.9. The van der Waals surface area contributed by atoms with Crippen LogP contribution in [-0.2, 0) is 41.8 Å². The Hall–Kier alpha value is -6.93. The Labute approximate surface area is 776 Å². The molecule has 0 atom stereocenters. The monoisotopic (exact) mass is 1760 g/mol. The van der Waals surface area contributed by atoms with E-state index in [9.17, 15) is 14.5 Å². The predicted octanol–water partition coefficient (Wildman–Crippen LogP) is 19.5. The largest absolute Gasteiger partial charge is 1.00 e. The molecule has 2 aliphatic rings. The molecule has 0 saturated heterocycles. The molecule has 0 amide bonds. The van der Waals surface area contributed by atoms with Gasteiger partial charge in [0.15, 0.2) is 29.3 Å². The van der Waals surface area contributed by atoms with Gasteiger partial charge in [-0.15, -0.1) is 28.3 Å². The second kappa shape index (κ2) is 50.9. The quantitative estimate of drug-likeness (QED) is 0.0154. The van der Waals surface area contributed by atoms with Crippen LogP contribution in [0.3, 0.4) is 0 Å². The van der Waals surface area contributed by atoms with E-state index < -0.39 is 29.8 Å². The number of ether oxygens (including phenoxy) is 6. The van der Waals surface area contributed by atoms with Gasteiger partial charge in [-0.1, -0.05) is 284 Å². The molecule has 2 aliphatic heterocycles. The zero-order chi connectivity index (χ0) is 85.7. The molecular weight excluding hydrogens is 1630 g/mol. The molecule has 0 bridgehead atoms. The van der Waals surface area contributed by atoms with E-state index in [1.807, 2.05) is 59.3 Å². The Bertz CT molecular complexity index is 4590. The Morgan fingerprint density at radius 3 is 1.19 bits per heavy atom. The second-order valence-electron chi connectivity index (χ2n) is 33.0. The van der Waals surface area contributed by atoms with Crippen molar-refractivity contribution in [3.63, 3.8) is 0 Å². The van der Waals surface area contributed by atoms with Crippen LogP contribution in [-0.4, -0.2) is 108 Å². The van der Waals surface area contributed by atoms with Crippen LogP contribution in [0.4, 0.5) is 11.4 Å². The number of benzene rings is 8. The van der Waals surface area contributed by atoms with Gasteiger partial charge in [0.05, 0.1) is 34.7 Å². The molecule has 21 heteroatoms. The number of rotatable bonds is 41. The summed E-state index contributed by atoms with van der Waals surface area (Å²) in [6, 6.07) is 76.8. The molecule has 0 spiro atoms. The van der Waals surface area contributed by atoms with Gasteiger partial charge in [0.1, 0.15) is 51.1 Å². The average molecular weight is 1760 g/mol. The zero-order valence-corrected chi connectivity index (χ0v) is 82.0. The molecule has 12 rings (SSSR count). The third kappa shape index (κ3) is 30.2. The number of hydrogen-bond acceptors (Lipinski definition) is 17.